The summed E-state index contributed by atoms with van der Waals surface area (Å²) in [5.41, 5.74) is 8.55. The zero-order valence-electron chi connectivity index (χ0n) is 13.9. The van der Waals surface area contributed by atoms with Crippen LogP contribution in [-0.2, 0) is 17.9 Å². The number of aromatic hydroxyl groups is 1. The number of nitrogens with one attached hydrogen (secondary N) is 1. The molecule has 1 aliphatic rings. The van der Waals surface area contributed by atoms with Gasteiger partial charge < -0.3 is 5.11 Å². The minimum absolute atomic E-state index is 0.133. The highest BCUT2D eigenvalue weighted by Crippen LogP contribution is 2.25. The van der Waals surface area contributed by atoms with Crippen molar-refractivity contribution in [2.75, 3.05) is 6.54 Å². The van der Waals surface area contributed by atoms with E-state index < -0.39 is 0 Å². The number of benzene rings is 2. The minimum atomic E-state index is -0.133. The molecule has 2 N–H and O–H groups in total. The van der Waals surface area contributed by atoms with Gasteiger partial charge >= 0.3 is 0 Å². The number of carbonyl (C=O) groups excluding carboxylic acids is 1. The summed E-state index contributed by atoms with van der Waals surface area (Å²) in [6, 6.07) is 11.0. The standard InChI is InChI=1S/C19H21N3O2/c1-13-7-16-10-22(11-17(16)8-14(13)2)12-19(24)21-20-9-15-3-5-18(23)6-4-15/h3-9,23H,10-12H2,1-2H3,(H,21,24)/b20-9-. The molecule has 0 atom stereocenters. The number of fused-ring (bicyclic) bond motifs is 1. The smallest absolute Gasteiger partial charge is 0.254 e. The lowest BCUT2D eigenvalue weighted by atomic mass is 10.0. The predicted octanol–water partition coefficient (Wildman–Crippen LogP) is 2.47. The second kappa shape index (κ2) is 6.84. The van der Waals surface area contributed by atoms with Crippen molar-refractivity contribution in [3.8, 4) is 5.75 Å². The van der Waals surface area contributed by atoms with Crippen LogP contribution in [0.2, 0.25) is 0 Å². The fraction of sp³-hybridized carbons (Fsp3) is 0.263. The van der Waals surface area contributed by atoms with Crippen molar-refractivity contribution in [3.63, 3.8) is 0 Å². The van der Waals surface area contributed by atoms with Crippen molar-refractivity contribution in [2.24, 2.45) is 5.10 Å². The van der Waals surface area contributed by atoms with E-state index in [1.165, 1.54) is 22.3 Å². The Labute approximate surface area is 141 Å². The maximum atomic E-state index is 12.0. The summed E-state index contributed by atoms with van der Waals surface area (Å²) in [6.07, 6.45) is 1.56. The van der Waals surface area contributed by atoms with Crippen LogP contribution in [0.5, 0.6) is 5.75 Å². The normalized spacial score (nSPS) is 14.1. The van der Waals surface area contributed by atoms with Crippen LogP contribution in [0.3, 0.4) is 0 Å². The Morgan fingerprint density at radius 1 is 1.17 bits per heavy atom. The number of amides is 1. The van der Waals surface area contributed by atoms with Crippen LogP contribution in [0.15, 0.2) is 41.5 Å². The van der Waals surface area contributed by atoms with Crippen molar-refractivity contribution in [1.29, 1.82) is 0 Å². The number of hydrazone groups is 1. The van der Waals surface area contributed by atoms with Gasteiger partial charge in [-0.05, 0) is 65.9 Å². The summed E-state index contributed by atoms with van der Waals surface area (Å²) >= 11 is 0. The Kier molecular flexibility index (Phi) is 4.62. The summed E-state index contributed by atoms with van der Waals surface area (Å²) in [5, 5.41) is 13.2. The first-order chi connectivity index (χ1) is 11.5. The van der Waals surface area contributed by atoms with E-state index in [9.17, 15) is 9.90 Å². The molecule has 0 aliphatic carbocycles. The average Bonchev–Trinajstić information content (AvgIpc) is 2.90. The van der Waals surface area contributed by atoms with Gasteiger partial charge in [-0.15, -0.1) is 0 Å². The third kappa shape index (κ3) is 3.81. The summed E-state index contributed by atoms with van der Waals surface area (Å²) in [4.78, 5) is 14.1. The molecule has 1 aliphatic heterocycles. The van der Waals surface area contributed by atoms with Gasteiger partial charge in [0.1, 0.15) is 5.75 Å². The highest BCUT2D eigenvalue weighted by atomic mass is 16.3. The number of aryl methyl sites for hydroxylation is 2. The summed E-state index contributed by atoms with van der Waals surface area (Å²) < 4.78 is 0. The van der Waals surface area contributed by atoms with Gasteiger partial charge in [0, 0.05) is 13.1 Å². The van der Waals surface area contributed by atoms with E-state index in [0.717, 1.165) is 18.7 Å². The van der Waals surface area contributed by atoms with Gasteiger partial charge in [-0.2, -0.15) is 5.10 Å². The monoisotopic (exact) mass is 323 g/mol. The number of rotatable bonds is 4. The summed E-state index contributed by atoms with van der Waals surface area (Å²) in [7, 11) is 0. The number of phenols is 1. The number of hydrogen-bond donors (Lipinski definition) is 2. The minimum Gasteiger partial charge on any atom is -0.508 e. The molecule has 3 rings (SSSR count). The SMILES string of the molecule is Cc1cc2c(cc1C)CN(CC(=O)N/N=C\c1ccc(O)cc1)C2. The van der Waals surface area contributed by atoms with Crippen LogP contribution in [0.25, 0.3) is 0 Å². The predicted molar refractivity (Wildman–Crippen MR) is 93.9 cm³/mol. The van der Waals surface area contributed by atoms with Crippen LogP contribution < -0.4 is 5.43 Å². The van der Waals surface area contributed by atoms with E-state index in [2.05, 4.69) is 41.4 Å². The van der Waals surface area contributed by atoms with Crippen LogP contribution in [-0.4, -0.2) is 28.7 Å². The second-order valence-corrected chi connectivity index (χ2v) is 6.24. The largest absolute Gasteiger partial charge is 0.508 e. The lowest BCUT2D eigenvalue weighted by Gasteiger charge is -2.12. The molecule has 0 radical (unpaired) electrons. The van der Waals surface area contributed by atoms with Crippen molar-refractivity contribution in [2.45, 2.75) is 26.9 Å². The molecule has 5 nitrogen and oxygen atoms in total. The number of phenolic OH excluding ortho intramolecular Hbond substituents is 1. The maximum absolute atomic E-state index is 12.0. The Balaban J connectivity index is 1.52. The van der Waals surface area contributed by atoms with E-state index in [4.69, 9.17) is 0 Å². The Hall–Kier alpha value is -2.66. The average molecular weight is 323 g/mol. The molecule has 0 aromatic heterocycles. The molecule has 0 fully saturated rings. The number of nitrogens with zero attached hydrogens (tertiary/aromatic N) is 2. The van der Waals surface area contributed by atoms with Crippen molar-refractivity contribution in [1.82, 2.24) is 10.3 Å². The summed E-state index contributed by atoms with van der Waals surface area (Å²) in [6.45, 7) is 6.14. The molecule has 0 saturated carbocycles. The molecule has 2 aromatic carbocycles. The van der Waals surface area contributed by atoms with E-state index >= 15 is 0 Å². The number of carbonyl (C=O) groups is 1. The molecular formula is C19H21N3O2. The Morgan fingerprint density at radius 2 is 1.75 bits per heavy atom. The number of hydrogen-bond acceptors (Lipinski definition) is 4. The molecule has 0 bridgehead atoms. The highest BCUT2D eigenvalue weighted by molar-refractivity contribution is 5.83. The van der Waals surface area contributed by atoms with E-state index in [1.807, 2.05) is 0 Å². The van der Waals surface area contributed by atoms with Crippen molar-refractivity contribution < 1.29 is 9.90 Å². The van der Waals surface area contributed by atoms with Crippen LogP contribution in [0, 0.1) is 13.8 Å². The summed E-state index contributed by atoms with van der Waals surface area (Å²) in [5.74, 6) is 0.0709. The Morgan fingerprint density at radius 3 is 2.33 bits per heavy atom. The molecular weight excluding hydrogens is 302 g/mol. The third-order valence-corrected chi connectivity index (χ3v) is 4.27. The first-order valence-corrected chi connectivity index (χ1v) is 7.93. The van der Waals surface area contributed by atoms with Gasteiger partial charge in [0.25, 0.3) is 5.91 Å². The zero-order valence-corrected chi connectivity index (χ0v) is 13.9. The van der Waals surface area contributed by atoms with E-state index in [-0.39, 0.29) is 11.7 Å². The van der Waals surface area contributed by atoms with Crippen molar-refractivity contribution in [3.05, 3.63) is 64.2 Å². The van der Waals surface area contributed by atoms with Crippen LogP contribution >= 0.6 is 0 Å². The molecule has 124 valence electrons. The van der Waals surface area contributed by atoms with Gasteiger partial charge in [-0.3, -0.25) is 9.69 Å². The molecule has 1 heterocycles. The molecule has 0 saturated heterocycles. The van der Waals surface area contributed by atoms with E-state index in [0.29, 0.717) is 6.54 Å². The van der Waals surface area contributed by atoms with E-state index in [1.54, 1.807) is 30.5 Å². The lowest BCUT2D eigenvalue weighted by Crippen LogP contribution is -2.32. The van der Waals surface area contributed by atoms with Gasteiger partial charge in [-0.25, -0.2) is 5.43 Å². The maximum Gasteiger partial charge on any atom is 0.254 e. The topological polar surface area (TPSA) is 64.9 Å². The second-order valence-electron chi connectivity index (χ2n) is 6.24. The third-order valence-electron chi connectivity index (χ3n) is 4.27. The van der Waals surface area contributed by atoms with Gasteiger partial charge in [0.2, 0.25) is 0 Å². The molecule has 0 unspecified atom stereocenters. The quantitative estimate of drug-likeness (QED) is 0.671. The van der Waals surface area contributed by atoms with Crippen molar-refractivity contribution >= 4 is 12.1 Å². The molecule has 0 spiro atoms. The van der Waals surface area contributed by atoms with Gasteiger partial charge in [0.15, 0.2) is 0 Å². The molecule has 24 heavy (non-hydrogen) atoms. The fourth-order valence-corrected chi connectivity index (χ4v) is 2.86. The van der Waals surface area contributed by atoms with Gasteiger partial charge in [0.05, 0.1) is 12.8 Å². The zero-order chi connectivity index (χ0) is 17.1. The first-order valence-electron chi connectivity index (χ1n) is 7.93. The molecule has 2 aromatic rings. The van der Waals surface area contributed by atoms with Crippen LogP contribution in [0.1, 0.15) is 27.8 Å². The Bertz CT molecular complexity index is 751. The highest BCUT2D eigenvalue weighted by Gasteiger charge is 2.21. The molecule has 5 heteroatoms. The molecule has 1 amide bonds. The first kappa shape index (κ1) is 16.2. The lowest BCUT2D eigenvalue weighted by molar-refractivity contribution is -0.122. The van der Waals surface area contributed by atoms with Gasteiger partial charge in [-0.1, -0.05) is 12.1 Å². The van der Waals surface area contributed by atoms with Crippen LogP contribution in [0.4, 0.5) is 0 Å². The fourth-order valence-electron chi connectivity index (χ4n) is 2.86.